The lowest BCUT2D eigenvalue weighted by Crippen LogP contribution is -2.36. The minimum absolute atomic E-state index is 0.0348. The highest BCUT2D eigenvalue weighted by Gasteiger charge is 2.25. The molecule has 0 saturated heterocycles. The molecule has 2 N–H and O–H groups in total. The summed E-state index contributed by atoms with van der Waals surface area (Å²) in [6.45, 7) is 4.27. The third kappa shape index (κ3) is 3.54. The van der Waals surface area contributed by atoms with Gasteiger partial charge in [-0.05, 0) is 31.4 Å². The SMILES string of the molecule is CC(NCC(C)(O)c1cccs1)c1cccnc1Cl. The van der Waals surface area contributed by atoms with Gasteiger partial charge in [-0.2, -0.15) is 0 Å². The van der Waals surface area contributed by atoms with Crippen LogP contribution in [0, 0.1) is 0 Å². The number of rotatable bonds is 5. The second kappa shape index (κ2) is 6.01. The lowest BCUT2D eigenvalue weighted by molar-refractivity contribution is 0.0581. The Morgan fingerprint density at radius 3 is 2.89 bits per heavy atom. The van der Waals surface area contributed by atoms with Crippen molar-refractivity contribution in [2.45, 2.75) is 25.5 Å². The molecule has 0 saturated carbocycles. The lowest BCUT2D eigenvalue weighted by Gasteiger charge is -2.25. The molecule has 0 fully saturated rings. The highest BCUT2D eigenvalue weighted by atomic mass is 35.5. The van der Waals surface area contributed by atoms with E-state index in [2.05, 4.69) is 10.3 Å². The zero-order chi connectivity index (χ0) is 13.9. The van der Waals surface area contributed by atoms with E-state index in [0.717, 1.165) is 10.4 Å². The van der Waals surface area contributed by atoms with Crippen LogP contribution in [0.2, 0.25) is 5.15 Å². The van der Waals surface area contributed by atoms with Crippen molar-refractivity contribution in [2.75, 3.05) is 6.54 Å². The molecular formula is C14H17ClN2OS. The second-order valence-electron chi connectivity index (χ2n) is 4.74. The Kier molecular flexibility index (Phi) is 4.58. The minimum Gasteiger partial charge on any atom is -0.383 e. The number of thiophene rings is 1. The number of pyridine rings is 1. The average molecular weight is 297 g/mol. The quantitative estimate of drug-likeness (QED) is 0.832. The van der Waals surface area contributed by atoms with Crippen molar-refractivity contribution in [1.82, 2.24) is 10.3 Å². The second-order valence-corrected chi connectivity index (χ2v) is 6.04. The van der Waals surface area contributed by atoms with Gasteiger partial charge < -0.3 is 10.4 Å². The molecule has 2 atom stereocenters. The fraction of sp³-hybridized carbons (Fsp3) is 0.357. The Hall–Kier alpha value is -0.940. The van der Waals surface area contributed by atoms with Gasteiger partial charge in [0.05, 0.1) is 0 Å². The van der Waals surface area contributed by atoms with Gasteiger partial charge in [-0.25, -0.2) is 4.98 Å². The van der Waals surface area contributed by atoms with Gasteiger partial charge in [-0.15, -0.1) is 11.3 Å². The molecule has 0 aliphatic carbocycles. The summed E-state index contributed by atoms with van der Waals surface area (Å²) in [4.78, 5) is 5.01. The Bertz CT molecular complexity index is 528. The van der Waals surface area contributed by atoms with Crippen LogP contribution in [0.4, 0.5) is 0 Å². The van der Waals surface area contributed by atoms with Crippen LogP contribution in [0.1, 0.15) is 30.3 Å². The predicted molar refractivity (Wildman–Crippen MR) is 79.6 cm³/mol. The summed E-state index contributed by atoms with van der Waals surface area (Å²) in [6, 6.07) is 7.71. The van der Waals surface area contributed by atoms with Gasteiger partial charge in [0.25, 0.3) is 0 Å². The molecule has 0 spiro atoms. The monoisotopic (exact) mass is 296 g/mol. The summed E-state index contributed by atoms with van der Waals surface area (Å²) in [6.07, 6.45) is 1.67. The summed E-state index contributed by atoms with van der Waals surface area (Å²) in [5.74, 6) is 0. The standard InChI is InChI=1S/C14H17ClN2OS/c1-10(11-5-3-7-16-13(11)15)17-9-14(2,18)12-6-4-8-19-12/h3-8,10,17-18H,9H2,1-2H3. The molecule has 2 rings (SSSR count). The van der Waals surface area contributed by atoms with Gasteiger partial charge in [0, 0.05) is 29.2 Å². The fourth-order valence-corrected chi connectivity index (χ4v) is 2.93. The lowest BCUT2D eigenvalue weighted by atomic mass is 10.0. The van der Waals surface area contributed by atoms with Crippen LogP contribution in [-0.2, 0) is 5.60 Å². The number of hydrogen-bond acceptors (Lipinski definition) is 4. The van der Waals surface area contributed by atoms with Gasteiger partial charge >= 0.3 is 0 Å². The molecule has 0 aliphatic heterocycles. The van der Waals surface area contributed by atoms with Crippen LogP contribution in [0.3, 0.4) is 0 Å². The summed E-state index contributed by atoms with van der Waals surface area (Å²) < 4.78 is 0. The van der Waals surface area contributed by atoms with E-state index in [1.54, 1.807) is 17.5 Å². The van der Waals surface area contributed by atoms with E-state index in [0.29, 0.717) is 11.7 Å². The average Bonchev–Trinajstić information content (AvgIpc) is 2.91. The van der Waals surface area contributed by atoms with E-state index in [1.807, 2.05) is 43.5 Å². The van der Waals surface area contributed by atoms with Gasteiger partial charge in [-0.3, -0.25) is 0 Å². The zero-order valence-electron chi connectivity index (χ0n) is 10.9. The summed E-state index contributed by atoms with van der Waals surface area (Å²) in [7, 11) is 0. The first-order valence-corrected chi connectivity index (χ1v) is 7.36. The first-order chi connectivity index (χ1) is 9.00. The molecule has 2 aromatic heterocycles. The summed E-state index contributed by atoms with van der Waals surface area (Å²) in [5.41, 5.74) is 0.0584. The predicted octanol–water partition coefficient (Wildman–Crippen LogP) is 3.35. The summed E-state index contributed by atoms with van der Waals surface area (Å²) in [5, 5.41) is 16.2. The minimum atomic E-state index is -0.878. The number of hydrogen-bond donors (Lipinski definition) is 2. The highest BCUT2D eigenvalue weighted by Crippen LogP contribution is 2.26. The molecule has 2 aromatic rings. The zero-order valence-corrected chi connectivity index (χ0v) is 12.5. The van der Waals surface area contributed by atoms with E-state index in [4.69, 9.17) is 11.6 Å². The number of aliphatic hydroxyl groups is 1. The topological polar surface area (TPSA) is 45.1 Å². The number of aromatic nitrogens is 1. The normalized spacial score (nSPS) is 16.0. The molecule has 0 aliphatic rings. The van der Waals surface area contributed by atoms with Crippen molar-refractivity contribution in [3.05, 3.63) is 51.4 Å². The molecule has 2 unspecified atom stereocenters. The maximum atomic E-state index is 10.4. The fourth-order valence-electron chi connectivity index (χ4n) is 1.86. The van der Waals surface area contributed by atoms with E-state index in [1.165, 1.54) is 0 Å². The van der Waals surface area contributed by atoms with Crippen molar-refractivity contribution < 1.29 is 5.11 Å². The van der Waals surface area contributed by atoms with Crippen molar-refractivity contribution in [2.24, 2.45) is 0 Å². The Balaban J connectivity index is 2.01. The van der Waals surface area contributed by atoms with Crippen LogP contribution in [0.25, 0.3) is 0 Å². The number of nitrogens with one attached hydrogen (secondary N) is 1. The van der Waals surface area contributed by atoms with Crippen LogP contribution in [-0.4, -0.2) is 16.6 Å². The van der Waals surface area contributed by atoms with E-state index < -0.39 is 5.60 Å². The Morgan fingerprint density at radius 2 is 2.26 bits per heavy atom. The summed E-state index contributed by atoms with van der Waals surface area (Å²) >= 11 is 7.61. The first-order valence-electron chi connectivity index (χ1n) is 6.11. The van der Waals surface area contributed by atoms with Crippen LogP contribution >= 0.6 is 22.9 Å². The van der Waals surface area contributed by atoms with E-state index in [9.17, 15) is 5.11 Å². The molecule has 5 heteroatoms. The molecule has 0 radical (unpaired) electrons. The molecule has 0 bridgehead atoms. The number of halogens is 1. The van der Waals surface area contributed by atoms with Gasteiger partial charge in [0.1, 0.15) is 10.8 Å². The smallest absolute Gasteiger partial charge is 0.133 e. The molecule has 102 valence electrons. The van der Waals surface area contributed by atoms with Crippen molar-refractivity contribution in [3.63, 3.8) is 0 Å². The van der Waals surface area contributed by atoms with Crippen molar-refractivity contribution >= 4 is 22.9 Å². The molecule has 19 heavy (non-hydrogen) atoms. The number of nitrogens with zero attached hydrogens (tertiary/aromatic N) is 1. The maximum Gasteiger partial charge on any atom is 0.133 e. The highest BCUT2D eigenvalue weighted by molar-refractivity contribution is 7.10. The molecule has 0 amide bonds. The molecular weight excluding hydrogens is 280 g/mol. The van der Waals surface area contributed by atoms with Crippen molar-refractivity contribution in [3.8, 4) is 0 Å². The molecule has 3 nitrogen and oxygen atoms in total. The van der Waals surface area contributed by atoms with Gasteiger partial charge in [-0.1, -0.05) is 23.7 Å². The van der Waals surface area contributed by atoms with Gasteiger partial charge in [0.2, 0.25) is 0 Å². The maximum absolute atomic E-state index is 10.4. The van der Waals surface area contributed by atoms with Crippen molar-refractivity contribution in [1.29, 1.82) is 0 Å². The van der Waals surface area contributed by atoms with E-state index in [-0.39, 0.29) is 6.04 Å². The van der Waals surface area contributed by atoms with Crippen LogP contribution in [0.15, 0.2) is 35.8 Å². The van der Waals surface area contributed by atoms with E-state index >= 15 is 0 Å². The Labute approximate surface area is 122 Å². The largest absolute Gasteiger partial charge is 0.383 e. The third-order valence-corrected chi connectivity index (χ3v) is 4.50. The first kappa shape index (κ1) is 14.5. The molecule has 2 heterocycles. The molecule has 0 aromatic carbocycles. The van der Waals surface area contributed by atoms with Gasteiger partial charge in [0.15, 0.2) is 0 Å². The van der Waals surface area contributed by atoms with Crippen LogP contribution < -0.4 is 5.32 Å². The third-order valence-electron chi connectivity index (χ3n) is 3.06. The Morgan fingerprint density at radius 1 is 1.47 bits per heavy atom. The van der Waals surface area contributed by atoms with Crippen LogP contribution in [0.5, 0.6) is 0 Å².